The van der Waals surface area contributed by atoms with E-state index in [1.807, 2.05) is 31.2 Å². The molecule has 4 heteroatoms. The van der Waals surface area contributed by atoms with Crippen LogP contribution < -0.4 is 15.0 Å². The molecule has 15 heavy (non-hydrogen) atoms. The van der Waals surface area contributed by atoms with Crippen LogP contribution in [0.3, 0.4) is 0 Å². The molecule has 0 amide bonds. The van der Waals surface area contributed by atoms with Gasteiger partial charge in [-0.2, -0.15) is 5.48 Å². The fourth-order valence-corrected chi connectivity index (χ4v) is 1.15. The second-order valence-electron chi connectivity index (χ2n) is 2.83. The minimum Gasteiger partial charge on any atom is -0.490 e. The van der Waals surface area contributed by atoms with Gasteiger partial charge in [0.2, 0.25) is 0 Å². The lowest BCUT2D eigenvalue weighted by atomic mass is 10.3. The highest BCUT2D eigenvalue weighted by molar-refractivity contribution is 5.39. The van der Waals surface area contributed by atoms with E-state index in [2.05, 4.69) is 5.48 Å². The van der Waals surface area contributed by atoms with Crippen LogP contribution in [0.2, 0.25) is 0 Å². The molecule has 0 aliphatic rings. The molecule has 0 saturated carbocycles. The first-order valence-corrected chi connectivity index (χ1v) is 4.99. The van der Waals surface area contributed by atoms with Crippen LogP contribution in [0.15, 0.2) is 24.3 Å². The third-order valence-corrected chi connectivity index (χ3v) is 1.76. The average molecular weight is 211 g/mol. The molecule has 0 aliphatic carbocycles. The minimum atomic E-state index is 0.540. The molecule has 0 aliphatic heterocycles. The molecule has 0 saturated heterocycles. The van der Waals surface area contributed by atoms with Gasteiger partial charge in [0.1, 0.15) is 6.61 Å². The summed E-state index contributed by atoms with van der Waals surface area (Å²) >= 11 is 0. The first kappa shape index (κ1) is 11.8. The van der Waals surface area contributed by atoms with E-state index in [0.717, 1.165) is 11.5 Å². The number of nitrogens with one attached hydrogen (secondary N) is 1. The Bertz CT molecular complexity index is 278. The third-order valence-electron chi connectivity index (χ3n) is 1.76. The zero-order valence-corrected chi connectivity index (χ0v) is 9.16. The summed E-state index contributed by atoms with van der Waals surface area (Å²) in [5.74, 6) is 1.54. The van der Waals surface area contributed by atoms with Crippen LogP contribution in [0.1, 0.15) is 6.92 Å². The van der Waals surface area contributed by atoms with Crippen molar-refractivity contribution in [1.82, 2.24) is 5.48 Å². The Morgan fingerprint density at radius 3 is 2.40 bits per heavy atom. The van der Waals surface area contributed by atoms with Gasteiger partial charge >= 0.3 is 0 Å². The molecular formula is C11H17NO3. The van der Waals surface area contributed by atoms with E-state index < -0.39 is 0 Å². The monoisotopic (exact) mass is 211 g/mol. The first-order chi connectivity index (χ1) is 7.38. The van der Waals surface area contributed by atoms with E-state index in [1.54, 1.807) is 7.11 Å². The maximum Gasteiger partial charge on any atom is 0.161 e. The second kappa shape index (κ2) is 7.09. The summed E-state index contributed by atoms with van der Waals surface area (Å²) in [5.41, 5.74) is 2.70. The largest absolute Gasteiger partial charge is 0.490 e. The van der Waals surface area contributed by atoms with Gasteiger partial charge < -0.3 is 14.3 Å². The molecule has 1 N–H and O–H groups in total. The lowest BCUT2D eigenvalue weighted by Crippen LogP contribution is -2.19. The van der Waals surface area contributed by atoms with Crippen molar-refractivity contribution in [2.24, 2.45) is 0 Å². The molecule has 0 spiro atoms. The molecule has 1 aromatic rings. The number of hydroxylamine groups is 1. The molecule has 0 fully saturated rings. The molecule has 0 radical (unpaired) electrons. The minimum absolute atomic E-state index is 0.540. The van der Waals surface area contributed by atoms with Crippen molar-refractivity contribution >= 4 is 0 Å². The zero-order chi connectivity index (χ0) is 10.9. The van der Waals surface area contributed by atoms with Gasteiger partial charge in [-0.15, -0.1) is 0 Å². The quantitative estimate of drug-likeness (QED) is 0.549. The van der Waals surface area contributed by atoms with E-state index in [4.69, 9.17) is 14.3 Å². The second-order valence-corrected chi connectivity index (χ2v) is 2.83. The predicted octanol–water partition coefficient (Wildman–Crippen LogP) is 1.62. The zero-order valence-electron chi connectivity index (χ0n) is 9.16. The Labute approximate surface area is 90.1 Å². The van der Waals surface area contributed by atoms with E-state index in [9.17, 15) is 0 Å². The molecule has 0 heterocycles. The molecule has 1 rings (SSSR count). The number of ether oxygens (including phenoxy) is 2. The molecule has 84 valence electrons. The average Bonchev–Trinajstić information content (AvgIpc) is 2.27. The molecule has 1 aromatic carbocycles. The highest BCUT2D eigenvalue weighted by Crippen LogP contribution is 2.25. The van der Waals surface area contributed by atoms with E-state index in [1.165, 1.54) is 0 Å². The highest BCUT2D eigenvalue weighted by Gasteiger charge is 2.02. The number of benzene rings is 1. The SMILES string of the molecule is CCOc1ccccc1OCCNOC. The van der Waals surface area contributed by atoms with Gasteiger partial charge in [0.25, 0.3) is 0 Å². The van der Waals surface area contributed by atoms with Crippen molar-refractivity contribution in [2.75, 3.05) is 26.9 Å². The van der Waals surface area contributed by atoms with Crippen LogP contribution in [0.25, 0.3) is 0 Å². The number of para-hydroxylation sites is 2. The maximum atomic E-state index is 5.52. The van der Waals surface area contributed by atoms with Crippen LogP contribution in [0.4, 0.5) is 0 Å². The summed E-state index contributed by atoms with van der Waals surface area (Å²) < 4.78 is 10.9. The molecular weight excluding hydrogens is 194 g/mol. The van der Waals surface area contributed by atoms with Crippen LogP contribution in [-0.2, 0) is 4.84 Å². The highest BCUT2D eigenvalue weighted by atomic mass is 16.6. The van der Waals surface area contributed by atoms with Gasteiger partial charge in [-0.05, 0) is 19.1 Å². The lowest BCUT2D eigenvalue weighted by molar-refractivity contribution is 0.0803. The van der Waals surface area contributed by atoms with Gasteiger partial charge in [0, 0.05) is 0 Å². The van der Waals surface area contributed by atoms with E-state index in [0.29, 0.717) is 19.8 Å². The smallest absolute Gasteiger partial charge is 0.161 e. The Morgan fingerprint density at radius 1 is 1.13 bits per heavy atom. The first-order valence-electron chi connectivity index (χ1n) is 4.99. The molecule has 0 bridgehead atoms. The summed E-state index contributed by atoms with van der Waals surface area (Å²) in [6.07, 6.45) is 0. The normalized spacial score (nSPS) is 10.0. The summed E-state index contributed by atoms with van der Waals surface area (Å²) in [7, 11) is 1.58. The van der Waals surface area contributed by atoms with Gasteiger partial charge in [-0.1, -0.05) is 12.1 Å². The summed E-state index contributed by atoms with van der Waals surface area (Å²) in [4.78, 5) is 4.70. The van der Waals surface area contributed by atoms with Crippen molar-refractivity contribution in [2.45, 2.75) is 6.92 Å². The van der Waals surface area contributed by atoms with Gasteiger partial charge in [0.15, 0.2) is 11.5 Å². The summed E-state index contributed by atoms with van der Waals surface area (Å²) in [5, 5.41) is 0. The van der Waals surface area contributed by atoms with Crippen LogP contribution in [0, 0.1) is 0 Å². The van der Waals surface area contributed by atoms with Crippen LogP contribution >= 0.6 is 0 Å². The van der Waals surface area contributed by atoms with Gasteiger partial charge in [-0.25, -0.2) is 0 Å². The summed E-state index contributed by atoms with van der Waals surface area (Å²) in [6.45, 7) is 3.76. The third kappa shape index (κ3) is 4.18. The van der Waals surface area contributed by atoms with Crippen LogP contribution in [-0.4, -0.2) is 26.9 Å². The van der Waals surface area contributed by atoms with Gasteiger partial charge in [-0.3, -0.25) is 0 Å². The maximum absolute atomic E-state index is 5.52. The van der Waals surface area contributed by atoms with Crippen LogP contribution in [0.5, 0.6) is 11.5 Å². The fraction of sp³-hybridized carbons (Fsp3) is 0.455. The Kier molecular flexibility index (Phi) is 5.58. The van der Waals surface area contributed by atoms with Crippen molar-refractivity contribution < 1.29 is 14.3 Å². The number of hydrogen-bond donors (Lipinski definition) is 1. The van der Waals surface area contributed by atoms with Crippen molar-refractivity contribution in [3.63, 3.8) is 0 Å². The lowest BCUT2D eigenvalue weighted by Gasteiger charge is -2.11. The van der Waals surface area contributed by atoms with Crippen molar-refractivity contribution in [3.05, 3.63) is 24.3 Å². The molecule has 0 unspecified atom stereocenters. The topological polar surface area (TPSA) is 39.7 Å². The number of rotatable bonds is 7. The Hall–Kier alpha value is -1.26. The van der Waals surface area contributed by atoms with Crippen molar-refractivity contribution in [3.8, 4) is 11.5 Å². The summed E-state index contributed by atoms with van der Waals surface area (Å²) in [6, 6.07) is 7.62. The van der Waals surface area contributed by atoms with Crippen molar-refractivity contribution in [1.29, 1.82) is 0 Å². The van der Waals surface area contributed by atoms with Gasteiger partial charge in [0.05, 0.1) is 20.3 Å². The molecule has 0 aromatic heterocycles. The Morgan fingerprint density at radius 2 is 1.80 bits per heavy atom. The molecule has 0 atom stereocenters. The standard InChI is InChI=1S/C11H17NO3/c1-3-14-10-6-4-5-7-11(10)15-9-8-12-13-2/h4-7,12H,3,8-9H2,1-2H3. The van der Waals surface area contributed by atoms with E-state index >= 15 is 0 Å². The van der Waals surface area contributed by atoms with E-state index in [-0.39, 0.29) is 0 Å². The number of hydrogen-bond acceptors (Lipinski definition) is 4. The Balaban J connectivity index is 2.44. The molecule has 4 nitrogen and oxygen atoms in total. The predicted molar refractivity (Wildman–Crippen MR) is 58.1 cm³/mol. The fourth-order valence-electron chi connectivity index (χ4n) is 1.15.